The number of hydrogen-bond donors (Lipinski definition) is 1. The molecule has 0 radical (unpaired) electrons. The van der Waals surface area contributed by atoms with Crippen molar-refractivity contribution in [1.82, 2.24) is 9.97 Å². The third kappa shape index (κ3) is 1.82. The van der Waals surface area contributed by atoms with Crippen LogP contribution in [0.2, 0.25) is 0 Å². The van der Waals surface area contributed by atoms with Gasteiger partial charge in [-0.2, -0.15) is 0 Å². The zero-order valence-electron chi connectivity index (χ0n) is 10.1. The smallest absolute Gasteiger partial charge is 0.223 e. The van der Waals surface area contributed by atoms with Crippen LogP contribution < -0.4 is 5.32 Å². The summed E-state index contributed by atoms with van der Waals surface area (Å²) in [6.45, 7) is 5.08. The average Bonchev–Trinajstić information content (AvgIpc) is 2.70. The van der Waals surface area contributed by atoms with Crippen LogP contribution in [0.4, 0.5) is 5.95 Å². The Balaban J connectivity index is 2.12. The Kier molecular flexibility index (Phi) is 2.59. The minimum atomic E-state index is 0.739. The molecule has 1 aliphatic rings. The summed E-state index contributed by atoms with van der Waals surface area (Å²) >= 11 is 1.89. The summed E-state index contributed by atoms with van der Waals surface area (Å²) in [6.07, 6.45) is 4.16. The molecule has 3 rings (SSSR count). The van der Waals surface area contributed by atoms with Crippen molar-refractivity contribution in [3.05, 3.63) is 27.6 Å². The van der Waals surface area contributed by atoms with Crippen molar-refractivity contribution < 1.29 is 0 Å². The predicted octanol–water partition coefficient (Wildman–Crippen LogP) is 3.04. The Bertz CT molecular complexity index is 560. The highest BCUT2D eigenvalue weighted by atomic mass is 32.1. The fraction of sp³-hybridized carbons (Fsp3) is 0.385. The number of rotatable bonds is 2. The van der Waals surface area contributed by atoms with E-state index in [1.165, 1.54) is 20.9 Å². The lowest BCUT2D eigenvalue weighted by Gasteiger charge is -2.15. The number of anilines is 1. The zero-order chi connectivity index (χ0) is 11.8. The summed E-state index contributed by atoms with van der Waals surface area (Å²) in [7, 11) is 0. The SMILES string of the molecule is CCNc1ncc2c(n1)-c1cc(C)sc1CC2. The number of aromatic nitrogens is 2. The van der Waals surface area contributed by atoms with Gasteiger partial charge in [-0.15, -0.1) is 11.3 Å². The number of nitrogens with one attached hydrogen (secondary N) is 1. The fourth-order valence-corrected chi connectivity index (χ4v) is 3.30. The van der Waals surface area contributed by atoms with Gasteiger partial charge in [-0.05, 0) is 38.3 Å². The van der Waals surface area contributed by atoms with E-state index < -0.39 is 0 Å². The van der Waals surface area contributed by atoms with E-state index in [0.29, 0.717) is 0 Å². The van der Waals surface area contributed by atoms with Crippen molar-refractivity contribution in [2.24, 2.45) is 0 Å². The molecule has 2 aromatic heterocycles. The minimum absolute atomic E-state index is 0.739. The lowest BCUT2D eigenvalue weighted by atomic mass is 9.96. The van der Waals surface area contributed by atoms with E-state index in [9.17, 15) is 0 Å². The van der Waals surface area contributed by atoms with Crippen LogP contribution in [-0.2, 0) is 12.8 Å². The molecule has 0 saturated heterocycles. The van der Waals surface area contributed by atoms with Gasteiger partial charge in [-0.25, -0.2) is 9.97 Å². The second-order valence-electron chi connectivity index (χ2n) is 4.29. The van der Waals surface area contributed by atoms with Crippen LogP contribution in [0.1, 0.15) is 22.2 Å². The van der Waals surface area contributed by atoms with Crippen molar-refractivity contribution >= 4 is 17.3 Å². The van der Waals surface area contributed by atoms with Gasteiger partial charge >= 0.3 is 0 Å². The Morgan fingerprint density at radius 2 is 2.29 bits per heavy atom. The fourth-order valence-electron chi connectivity index (χ4n) is 2.26. The van der Waals surface area contributed by atoms with Gasteiger partial charge in [0.15, 0.2) is 0 Å². The second kappa shape index (κ2) is 4.11. The first-order chi connectivity index (χ1) is 8.28. The summed E-state index contributed by atoms with van der Waals surface area (Å²) in [5, 5.41) is 3.18. The average molecular weight is 245 g/mol. The summed E-state index contributed by atoms with van der Waals surface area (Å²) in [6, 6.07) is 2.25. The van der Waals surface area contributed by atoms with Crippen LogP contribution >= 0.6 is 11.3 Å². The van der Waals surface area contributed by atoms with Crippen molar-refractivity contribution in [2.45, 2.75) is 26.7 Å². The number of thiophene rings is 1. The molecular formula is C13H15N3S. The number of fused-ring (bicyclic) bond motifs is 3. The molecule has 0 spiro atoms. The standard InChI is InChI=1S/C13H15N3S/c1-3-14-13-15-7-9-4-5-11-10(12(9)16-13)6-8(2)17-11/h6-7H,3-5H2,1-2H3,(H,14,15,16). The Morgan fingerprint density at radius 3 is 3.12 bits per heavy atom. The van der Waals surface area contributed by atoms with Gasteiger partial charge in [-0.3, -0.25) is 0 Å². The largest absolute Gasteiger partial charge is 0.354 e. The Hall–Kier alpha value is -1.42. The van der Waals surface area contributed by atoms with Crippen molar-refractivity contribution in [1.29, 1.82) is 0 Å². The van der Waals surface area contributed by atoms with Crippen LogP contribution in [-0.4, -0.2) is 16.5 Å². The number of aryl methyl sites for hydroxylation is 3. The maximum atomic E-state index is 4.64. The van der Waals surface area contributed by atoms with E-state index >= 15 is 0 Å². The van der Waals surface area contributed by atoms with Crippen LogP contribution in [0.3, 0.4) is 0 Å². The van der Waals surface area contributed by atoms with Gasteiger partial charge in [0.05, 0.1) is 5.69 Å². The highest BCUT2D eigenvalue weighted by Crippen LogP contribution is 2.37. The van der Waals surface area contributed by atoms with Gasteiger partial charge in [0, 0.05) is 28.1 Å². The lowest BCUT2D eigenvalue weighted by Crippen LogP contribution is -2.08. The molecule has 88 valence electrons. The van der Waals surface area contributed by atoms with Gasteiger partial charge < -0.3 is 5.32 Å². The normalized spacial score (nSPS) is 13.1. The summed E-state index contributed by atoms with van der Waals surface area (Å²) in [5.41, 5.74) is 3.72. The lowest BCUT2D eigenvalue weighted by molar-refractivity contribution is 0.926. The van der Waals surface area contributed by atoms with E-state index in [-0.39, 0.29) is 0 Å². The molecule has 0 atom stereocenters. The quantitative estimate of drug-likeness (QED) is 0.883. The first-order valence-corrected chi connectivity index (χ1v) is 6.79. The molecule has 0 aromatic carbocycles. The van der Waals surface area contributed by atoms with E-state index in [1.807, 2.05) is 17.5 Å². The molecule has 2 aromatic rings. The molecule has 1 aliphatic carbocycles. The van der Waals surface area contributed by atoms with Crippen LogP contribution in [0.15, 0.2) is 12.3 Å². The first kappa shape index (κ1) is 10.7. The third-order valence-corrected chi connectivity index (χ3v) is 4.12. The monoisotopic (exact) mass is 245 g/mol. The van der Waals surface area contributed by atoms with Gasteiger partial charge in [0.25, 0.3) is 0 Å². The molecule has 3 nitrogen and oxygen atoms in total. The maximum Gasteiger partial charge on any atom is 0.223 e. The molecule has 0 bridgehead atoms. The van der Waals surface area contributed by atoms with E-state index in [4.69, 9.17) is 0 Å². The molecule has 2 heterocycles. The molecule has 0 fully saturated rings. The van der Waals surface area contributed by atoms with E-state index in [0.717, 1.165) is 31.0 Å². The first-order valence-electron chi connectivity index (χ1n) is 5.97. The molecule has 0 amide bonds. The minimum Gasteiger partial charge on any atom is -0.354 e. The third-order valence-electron chi connectivity index (χ3n) is 3.01. The Labute approximate surface area is 105 Å². The summed E-state index contributed by atoms with van der Waals surface area (Å²) in [5.74, 6) is 0.739. The maximum absolute atomic E-state index is 4.64. The summed E-state index contributed by atoms with van der Waals surface area (Å²) < 4.78 is 0. The molecule has 0 unspecified atom stereocenters. The number of hydrogen-bond acceptors (Lipinski definition) is 4. The zero-order valence-corrected chi connectivity index (χ0v) is 10.9. The highest BCUT2D eigenvalue weighted by Gasteiger charge is 2.20. The van der Waals surface area contributed by atoms with Crippen molar-refractivity contribution in [2.75, 3.05) is 11.9 Å². The summed E-state index contributed by atoms with van der Waals surface area (Å²) in [4.78, 5) is 11.8. The molecule has 0 saturated carbocycles. The molecule has 17 heavy (non-hydrogen) atoms. The van der Waals surface area contributed by atoms with E-state index in [1.54, 1.807) is 0 Å². The van der Waals surface area contributed by atoms with Gasteiger partial charge in [0.1, 0.15) is 0 Å². The van der Waals surface area contributed by atoms with Crippen LogP contribution in [0, 0.1) is 6.92 Å². The highest BCUT2D eigenvalue weighted by molar-refractivity contribution is 7.12. The van der Waals surface area contributed by atoms with E-state index in [2.05, 4.69) is 35.2 Å². The van der Waals surface area contributed by atoms with Gasteiger partial charge in [-0.1, -0.05) is 0 Å². The predicted molar refractivity (Wildman–Crippen MR) is 71.7 cm³/mol. The van der Waals surface area contributed by atoms with Crippen molar-refractivity contribution in [3.8, 4) is 11.3 Å². The topological polar surface area (TPSA) is 37.8 Å². The second-order valence-corrected chi connectivity index (χ2v) is 5.63. The molecule has 0 aliphatic heterocycles. The molecular weight excluding hydrogens is 230 g/mol. The van der Waals surface area contributed by atoms with Crippen molar-refractivity contribution in [3.63, 3.8) is 0 Å². The van der Waals surface area contributed by atoms with Crippen LogP contribution in [0.25, 0.3) is 11.3 Å². The van der Waals surface area contributed by atoms with Gasteiger partial charge in [0.2, 0.25) is 5.95 Å². The van der Waals surface area contributed by atoms with Crippen LogP contribution in [0.5, 0.6) is 0 Å². The Morgan fingerprint density at radius 1 is 1.41 bits per heavy atom. The molecule has 4 heteroatoms. The molecule has 1 N–H and O–H groups in total. The number of nitrogens with zero attached hydrogens (tertiary/aromatic N) is 2.